The van der Waals surface area contributed by atoms with E-state index in [4.69, 9.17) is 11.5 Å². The zero-order chi connectivity index (χ0) is 15.9. The monoisotopic (exact) mass is 300 g/mol. The third-order valence-electron chi connectivity index (χ3n) is 2.67. The van der Waals surface area contributed by atoms with E-state index in [1.807, 2.05) is 30.3 Å². The van der Waals surface area contributed by atoms with Crippen LogP contribution < -0.4 is 11.5 Å². The molecule has 21 heavy (non-hydrogen) atoms. The molecule has 0 aliphatic carbocycles. The molecular weight excluding hydrogens is 284 g/mol. The summed E-state index contributed by atoms with van der Waals surface area (Å²) in [6.45, 7) is 0.313. The number of alkyl halides is 3. The summed E-state index contributed by atoms with van der Waals surface area (Å²) in [6, 6.07) is 12.2. The second-order valence-corrected chi connectivity index (χ2v) is 4.19. The molecule has 0 saturated carbocycles. The average Bonchev–Trinajstić information content (AvgIpc) is 2.47. The lowest BCUT2D eigenvalue weighted by Gasteiger charge is -2.10. The Bertz CT molecular complexity index is 553. The minimum absolute atomic E-state index is 0.229. The van der Waals surface area contributed by atoms with Gasteiger partial charge in [0.15, 0.2) is 0 Å². The zero-order valence-corrected chi connectivity index (χ0v) is 11.2. The summed E-state index contributed by atoms with van der Waals surface area (Å²) >= 11 is 0. The number of hydrogen-bond donors (Lipinski definition) is 2. The average molecular weight is 300 g/mol. The second kappa shape index (κ2) is 7.75. The van der Waals surface area contributed by atoms with Crippen molar-refractivity contribution in [2.75, 3.05) is 0 Å². The fourth-order valence-corrected chi connectivity index (χ4v) is 1.62. The van der Waals surface area contributed by atoms with Gasteiger partial charge in [-0.1, -0.05) is 30.3 Å². The largest absolute Gasteiger partial charge is 0.416 e. The van der Waals surface area contributed by atoms with Crippen molar-refractivity contribution in [3.05, 3.63) is 71.0 Å². The van der Waals surface area contributed by atoms with Crippen molar-refractivity contribution < 1.29 is 17.6 Å². The standard InChI is InChI=1S/C8H7F4N.C7H9N/c9-6-1-2-7(8(10,11)12)5(3-6)4-13;8-6-7-4-2-1-3-5-7/h1-3H,4,13H2;1-5H,6,8H2. The van der Waals surface area contributed by atoms with Crippen molar-refractivity contribution in [3.63, 3.8) is 0 Å². The Morgan fingerprint density at radius 1 is 0.857 bits per heavy atom. The molecule has 0 unspecified atom stereocenters. The first-order chi connectivity index (χ1) is 9.88. The molecule has 2 nitrogen and oxygen atoms in total. The molecule has 0 radical (unpaired) electrons. The number of hydrogen-bond acceptors (Lipinski definition) is 2. The lowest BCUT2D eigenvalue weighted by molar-refractivity contribution is -0.138. The Morgan fingerprint density at radius 2 is 1.48 bits per heavy atom. The molecule has 0 aliphatic rings. The Kier molecular flexibility index (Phi) is 6.33. The van der Waals surface area contributed by atoms with Gasteiger partial charge in [-0.2, -0.15) is 13.2 Å². The van der Waals surface area contributed by atoms with Gasteiger partial charge >= 0.3 is 6.18 Å². The van der Waals surface area contributed by atoms with Gasteiger partial charge < -0.3 is 11.5 Å². The van der Waals surface area contributed by atoms with Gasteiger partial charge in [0.05, 0.1) is 5.56 Å². The predicted molar refractivity (Wildman–Crippen MR) is 73.6 cm³/mol. The quantitative estimate of drug-likeness (QED) is 0.835. The molecule has 0 bridgehead atoms. The van der Waals surface area contributed by atoms with Crippen LogP contribution in [0.2, 0.25) is 0 Å². The van der Waals surface area contributed by atoms with Gasteiger partial charge in [0, 0.05) is 13.1 Å². The topological polar surface area (TPSA) is 52.0 Å². The zero-order valence-electron chi connectivity index (χ0n) is 11.2. The molecule has 0 aliphatic heterocycles. The molecule has 0 spiro atoms. The summed E-state index contributed by atoms with van der Waals surface area (Å²) in [5.41, 5.74) is 10.5. The van der Waals surface area contributed by atoms with Crippen LogP contribution in [-0.4, -0.2) is 0 Å². The van der Waals surface area contributed by atoms with Crippen LogP contribution in [0, 0.1) is 5.82 Å². The molecule has 0 fully saturated rings. The van der Waals surface area contributed by atoms with Gasteiger partial charge in [-0.05, 0) is 29.3 Å². The first kappa shape index (κ1) is 17.1. The Hall–Kier alpha value is -1.92. The number of rotatable bonds is 2. The van der Waals surface area contributed by atoms with Crippen LogP contribution in [0.25, 0.3) is 0 Å². The fraction of sp³-hybridized carbons (Fsp3) is 0.200. The molecule has 2 aromatic carbocycles. The Labute approximate surface area is 120 Å². The molecule has 0 aromatic heterocycles. The van der Waals surface area contributed by atoms with Crippen molar-refractivity contribution >= 4 is 0 Å². The maximum Gasteiger partial charge on any atom is 0.416 e. The first-order valence-corrected chi connectivity index (χ1v) is 6.18. The summed E-state index contributed by atoms with van der Waals surface area (Å²) in [6.07, 6.45) is -4.47. The summed E-state index contributed by atoms with van der Waals surface area (Å²) in [7, 11) is 0. The van der Waals surface area contributed by atoms with E-state index >= 15 is 0 Å². The predicted octanol–water partition coefficient (Wildman–Crippen LogP) is 3.45. The third kappa shape index (κ3) is 5.53. The van der Waals surface area contributed by atoms with Crippen molar-refractivity contribution in [3.8, 4) is 0 Å². The summed E-state index contributed by atoms with van der Waals surface area (Å²) in [4.78, 5) is 0. The van der Waals surface area contributed by atoms with Gasteiger partial charge in [-0.25, -0.2) is 4.39 Å². The lowest BCUT2D eigenvalue weighted by Crippen LogP contribution is -2.12. The molecular formula is C15H16F4N2. The Morgan fingerprint density at radius 3 is 1.90 bits per heavy atom. The highest BCUT2D eigenvalue weighted by molar-refractivity contribution is 5.30. The van der Waals surface area contributed by atoms with E-state index in [1.165, 1.54) is 5.56 Å². The van der Waals surface area contributed by atoms with Gasteiger partial charge in [-0.15, -0.1) is 0 Å². The molecule has 6 heteroatoms. The van der Waals surface area contributed by atoms with Crippen molar-refractivity contribution in [1.82, 2.24) is 0 Å². The molecule has 2 rings (SSSR count). The van der Waals surface area contributed by atoms with E-state index in [0.717, 1.165) is 12.1 Å². The van der Waals surface area contributed by atoms with Crippen LogP contribution in [0.1, 0.15) is 16.7 Å². The molecule has 0 saturated heterocycles. The van der Waals surface area contributed by atoms with Gasteiger partial charge in [-0.3, -0.25) is 0 Å². The van der Waals surface area contributed by atoms with Crippen molar-refractivity contribution in [2.24, 2.45) is 11.5 Å². The highest BCUT2D eigenvalue weighted by Crippen LogP contribution is 2.31. The SMILES string of the molecule is NCc1cc(F)ccc1C(F)(F)F.NCc1ccccc1. The molecule has 0 amide bonds. The van der Waals surface area contributed by atoms with Gasteiger partial charge in [0.2, 0.25) is 0 Å². The molecule has 2 aromatic rings. The minimum atomic E-state index is -4.47. The second-order valence-electron chi connectivity index (χ2n) is 4.19. The van der Waals surface area contributed by atoms with Crippen LogP contribution in [0.3, 0.4) is 0 Å². The van der Waals surface area contributed by atoms with Crippen LogP contribution in [0.5, 0.6) is 0 Å². The third-order valence-corrected chi connectivity index (χ3v) is 2.67. The van der Waals surface area contributed by atoms with Gasteiger partial charge in [0.25, 0.3) is 0 Å². The van der Waals surface area contributed by atoms with Crippen LogP contribution in [-0.2, 0) is 19.3 Å². The van der Waals surface area contributed by atoms with E-state index in [9.17, 15) is 17.6 Å². The Balaban J connectivity index is 0.000000235. The van der Waals surface area contributed by atoms with Crippen LogP contribution >= 0.6 is 0 Å². The normalized spacial score (nSPS) is 10.8. The molecule has 0 heterocycles. The van der Waals surface area contributed by atoms with Crippen LogP contribution in [0.4, 0.5) is 17.6 Å². The van der Waals surface area contributed by atoms with Gasteiger partial charge in [0.1, 0.15) is 5.82 Å². The van der Waals surface area contributed by atoms with Crippen molar-refractivity contribution in [1.29, 1.82) is 0 Å². The molecule has 4 N–H and O–H groups in total. The highest BCUT2D eigenvalue weighted by atomic mass is 19.4. The maximum atomic E-state index is 12.5. The van der Waals surface area contributed by atoms with Crippen molar-refractivity contribution in [2.45, 2.75) is 19.3 Å². The summed E-state index contributed by atoms with van der Waals surface area (Å²) < 4.78 is 49.1. The van der Waals surface area contributed by atoms with E-state index in [0.29, 0.717) is 12.6 Å². The minimum Gasteiger partial charge on any atom is -0.326 e. The van der Waals surface area contributed by atoms with E-state index in [2.05, 4.69) is 0 Å². The first-order valence-electron chi connectivity index (χ1n) is 6.18. The van der Waals surface area contributed by atoms with E-state index in [-0.39, 0.29) is 12.1 Å². The maximum absolute atomic E-state index is 12.5. The number of halogens is 4. The smallest absolute Gasteiger partial charge is 0.326 e. The summed E-state index contributed by atoms with van der Waals surface area (Å²) in [5, 5.41) is 0. The van der Waals surface area contributed by atoms with E-state index in [1.54, 1.807) is 0 Å². The van der Waals surface area contributed by atoms with E-state index < -0.39 is 17.6 Å². The molecule has 114 valence electrons. The number of nitrogens with two attached hydrogens (primary N) is 2. The number of benzene rings is 2. The lowest BCUT2D eigenvalue weighted by atomic mass is 10.1. The fourth-order valence-electron chi connectivity index (χ4n) is 1.62. The van der Waals surface area contributed by atoms with Crippen LogP contribution in [0.15, 0.2) is 48.5 Å². The molecule has 0 atom stereocenters. The summed E-state index contributed by atoms with van der Waals surface area (Å²) in [5.74, 6) is -0.714. The highest BCUT2D eigenvalue weighted by Gasteiger charge is 2.32.